The Balaban J connectivity index is 1.14. The van der Waals surface area contributed by atoms with Crippen LogP contribution < -0.4 is 29.8 Å². The molecule has 0 spiro atoms. The van der Waals surface area contributed by atoms with Gasteiger partial charge in [0.1, 0.15) is 23.0 Å². The lowest BCUT2D eigenvalue weighted by Gasteiger charge is -2.31. The Kier molecular flexibility index (Phi) is 11.4. The van der Waals surface area contributed by atoms with Gasteiger partial charge in [-0.2, -0.15) is 10.2 Å². The molecule has 4 aromatic carbocycles. The summed E-state index contributed by atoms with van der Waals surface area (Å²) >= 11 is 0. The van der Waals surface area contributed by atoms with Crippen LogP contribution in [0.4, 0.5) is 0 Å². The molecular weight excluding hydrogens is 616 g/mol. The van der Waals surface area contributed by atoms with E-state index in [1.165, 1.54) is 0 Å². The Morgan fingerprint density at radius 2 is 0.854 bits per heavy atom. The summed E-state index contributed by atoms with van der Waals surface area (Å²) in [6.45, 7) is 4.28. The zero-order valence-corrected chi connectivity index (χ0v) is 27.0. The van der Waals surface area contributed by atoms with Crippen molar-refractivity contribution in [3.8, 4) is 23.0 Å². The number of hydrazone groups is 2. The molecule has 248 valence electrons. The first-order valence-electron chi connectivity index (χ1n) is 15.1. The van der Waals surface area contributed by atoms with Crippen molar-refractivity contribution in [3.63, 3.8) is 0 Å². The van der Waals surface area contributed by atoms with Gasteiger partial charge in [0.2, 0.25) is 0 Å². The molecule has 2 atom stereocenters. The summed E-state index contributed by atoms with van der Waals surface area (Å²) in [5.74, 6) is 1.75. The molecule has 4 aromatic rings. The highest BCUT2D eigenvalue weighted by Gasteiger charge is 2.31. The molecule has 12 nitrogen and oxygen atoms in total. The van der Waals surface area contributed by atoms with E-state index < -0.39 is 12.6 Å². The fourth-order valence-corrected chi connectivity index (χ4v) is 4.49. The third-order valence-electron chi connectivity index (χ3n) is 7.27. The highest BCUT2D eigenvalue weighted by atomic mass is 16.8. The average Bonchev–Trinajstić information content (AvgIpc) is 3.14. The first-order chi connectivity index (χ1) is 23.3. The smallest absolute Gasteiger partial charge is 0.271 e. The highest BCUT2D eigenvalue weighted by Crippen LogP contribution is 2.23. The van der Waals surface area contributed by atoms with Crippen LogP contribution in [0.2, 0.25) is 0 Å². The van der Waals surface area contributed by atoms with Crippen LogP contribution >= 0.6 is 0 Å². The average molecular weight is 653 g/mol. The maximum Gasteiger partial charge on any atom is 0.271 e. The number of nitrogens with one attached hydrogen (secondary N) is 2. The number of hydrogen-bond donors (Lipinski definition) is 2. The van der Waals surface area contributed by atoms with Gasteiger partial charge in [-0.3, -0.25) is 9.59 Å². The quantitative estimate of drug-likeness (QED) is 0.158. The molecule has 12 heteroatoms. The minimum absolute atomic E-state index is 0.329. The Bertz CT molecular complexity index is 1610. The third kappa shape index (κ3) is 8.96. The normalized spacial score (nSPS) is 16.4. The largest absolute Gasteiger partial charge is 0.497 e. The number of nitrogens with zero attached hydrogens (tertiary/aromatic N) is 2. The lowest BCUT2D eigenvalue weighted by Crippen LogP contribution is -2.45. The fourth-order valence-electron chi connectivity index (χ4n) is 4.49. The molecule has 2 N–H and O–H groups in total. The second kappa shape index (κ2) is 16.2. The lowest BCUT2D eigenvalue weighted by molar-refractivity contribution is -0.271. The van der Waals surface area contributed by atoms with Crippen molar-refractivity contribution in [3.05, 3.63) is 119 Å². The van der Waals surface area contributed by atoms with Crippen molar-refractivity contribution in [2.24, 2.45) is 10.2 Å². The van der Waals surface area contributed by atoms with Gasteiger partial charge in [0.15, 0.2) is 0 Å². The van der Waals surface area contributed by atoms with Crippen LogP contribution in [0, 0.1) is 0 Å². The van der Waals surface area contributed by atoms with E-state index in [0.717, 1.165) is 11.1 Å². The molecular formula is C36H36N4O8. The minimum atomic E-state index is -0.820. The zero-order valence-electron chi connectivity index (χ0n) is 27.0. The highest BCUT2D eigenvalue weighted by molar-refractivity contribution is 6.01. The predicted molar refractivity (Wildman–Crippen MR) is 179 cm³/mol. The SMILES string of the molecule is COc1ccc(C(=O)N/N=C(/C)c2ccc(O[C@H]3OCCO[C@H]3Oc3ccc(/C(C)=N\NC(=O)c4ccc(OC)cc4)cc3)cc2)cc1. The molecule has 1 heterocycles. The Morgan fingerprint density at radius 3 is 1.19 bits per heavy atom. The second-order valence-electron chi connectivity index (χ2n) is 10.5. The summed E-state index contributed by atoms with van der Waals surface area (Å²) in [5.41, 5.74) is 8.90. The summed E-state index contributed by atoms with van der Waals surface area (Å²) in [6, 6.07) is 27.9. The van der Waals surface area contributed by atoms with Gasteiger partial charge >= 0.3 is 0 Å². The van der Waals surface area contributed by atoms with Crippen molar-refractivity contribution in [1.29, 1.82) is 0 Å². The molecule has 1 fully saturated rings. The van der Waals surface area contributed by atoms with E-state index in [-0.39, 0.29) is 11.8 Å². The van der Waals surface area contributed by atoms with Crippen LogP contribution in [0.15, 0.2) is 107 Å². The monoisotopic (exact) mass is 652 g/mol. The van der Waals surface area contributed by atoms with Crippen molar-refractivity contribution in [2.45, 2.75) is 26.4 Å². The van der Waals surface area contributed by atoms with E-state index in [0.29, 0.717) is 58.8 Å². The van der Waals surface area contributed by atoms with Crippen LogP contribution in [-0.4, -0.2) is 63.3 Å². The molecule has 0 bridgehead atoms. The number of carbonyl (C=O) groups excluding carboxylic acids is 2. The summed E-state index contributed by atoms with van der Waals surface area (Å²) in [5, 5.41) is 8.44. The van der Waals surface area contributed by atoms with Crippen LogP contribution in [0.25, 0.3) is 0 Å². The summed E-state index contributed by atoms with van der Waals surface area (Å²) in [6.07, 6.45) is -1.64. The summed E-state index contributed by atoms with van der Waals surface area (Å²) in [4.78, 5) is 24.9. The van der Waals surface area contributed by atoms with Crippen molar-refractivity contribution < 1.29 is 38.0 Å². The molecule has 48 heavy (non-hydrogen) atoms. The molecule has 2 amide bonds. The molecule has 1 aliphatic heterocycles. The van der Waals surface area contributed by atoms with E-state index in [1.54, 1.807) is 101 Å². The third-order valence-corrected chi connectivity index (χ3v) is 7.27. The minimum Gasteiger partial charge on any atom is -0.497 e. The van der Waals surface area contributed by atoms with Crippen LogP contribution in [0.3, 0.4) is 0 Å². The molecule has 1 aliphatic rings. The Morgan fingerprint density at radius 1 is 0.542 bits per heavy atom. The van der Waals surface area contributed by atoms with E-state index in [2.05, 4.69) is 21.1 Å². The van der Waals surface area contributed by atoms with E-state index >= 15 is 0 Å². The Hall–Kier alpha value is -5.72. The number of carbonyl (C=O) groups is 2. The van der Waals surface area contributed by atoms with Crippen molar-refractivity contribution in [2.75, 3.05) is 27.4 Å². The van der Waals surface area contributed by atoms with Gasteiger partial charge in [-0.1, -0.05) is 0 Å². The van der Waals surface area contributed by atoms with Crippen molar-refractivity contribution in [1.82, 2.24) is 10.9 Å². The molecule has 0 unspecified atom stereocenters. The number of ether oxygens (including phenoxy) is 6. The lowest BCUT2D eigenvalue weighted by atomic mass is 10.1. The number of amides is 2. The molecule has 0 radical (unpaired) electrons. The maximum atomic E-state index is 12.4. The summed E-state index contributed by atoms with van der Waals surface area (Å²) < 4.78 is 34.0. The standard InChI is InChI=1S/C36H36N4O8/c1-23(37-39-33(41)27-9-13-29(43-3)14-10-27)25-5-17-31(18-6-25)47-35-36(46-22-21-45-35)48-32-19-7-26(8-20-32)24(2)38-40-34(42)28-11-15-30(44-4)16-12-28/h5-20,35-36H,21-22H2,1-4H3,(H,39,41)(H,40,42)/b37-23-,38-24-/t35-,36+. The number of hydrogen-bond acceptors (Lipinski definition) is 10. The summed E-state index contributed by atoms with van der Waals surface area (Å²) in [7, 11) is 3.13. The number of rotatable bonds is 12. The topological polar surface area (TPSA) is 138 Å². The Labute approximate surface area is 278 Å². The van der Waals surface area contributed by atoms with Gasteiger partial charge in [0.25, 0.3) is 24.4 Å². The van der Waals surface area contributed by atoms with Gasteiger partial charge in [-0.15, -0.1) is 0 Å². The van der Waals surface area contributed by atoms with Gasteiger partial charge < -0.3 is 28.4 Å². The van der Waals surface area contributed by atoms with E-state index in [4.69, 9.17) is 28.4 Å². The first kappa shape index (κ1) is 33.6. The van der Waals surface area contributed by atoms with Crippen LogP contribution in [0.1, 0.15) is 45.7 Å². The van der Waals surface area contributed by atoms with Gasteiger partial charge in [-0.25, -0.2) is 10.9 Å². The number of benzene rings is 4. The van der Waals surface area contributed by atoms with Crippen LogP contribution in [-0.2, 0) is 9.47 Å². The fraction of sp³-hybridized carbons (Fsp3) is 0.222. The van der Waals surface area contributed by atoms with Crippen LogP contribution in [0.5, 0.6) is 23.0 Å². The van der Waals surface area contributed by atoms with E-state index in [9.17, 15) is 9.59 Å². The molecule has 0 aromatic heterocycles. The first-order valence-corrected chi connectivity index (χ1v) is 15.1. The molecule has 5 rings (SSSR count). The second-order valence-corrected chi connectivity index (χ2v) is 10.5. The van der Waals surface area contributed by atoms with E-state index in [1.807, 2.05) is 24.3 Å². The maximum absolute atomic E-state index is 12.4. The molecule has 1 saturated heterocycles. The molecule has 0 aliphatic carbocycles. The molecule has 0 saturated carbocycles. The van der Waals surface area contributed by atoms with Gasteiger partial charge in [0.05, 0.1) is 38.9 Å². The zero-order chi connectivity index (χ0) is 33.9. The predicted octanol–water partition coefficient (Wildman–Crippen LogP) is 5.17. The van der Waals surface area contributed by atoms with Gasteiger partial charge in [0, 0.05) is 11.1 Å². The number of methoxy groups -OCH3 is 2. The van der Waals surface area contributed by atoms with Gasteiger partial charge in [-0.05, 0) is 122 Å². The van der Waals surface area contributed by atoms with Crippen molar-refractivity contribution >= 4 is 23.2 Å².